The van der Waals surface area contributed by atoms with Crippen molar-refractivity contribution in [1.29, 1.82) is 0 Å². The Morgan fingerprint density at radius 2 is 1.07 bits per heavy atom. The summed E-state index contributed by atoms with van der Waals surface area (Å²) in [5, 5.41) is 7.68. The third kappa shape index (κ3) is 2.53. The molecule has 0 aliphatic heterocycles. The fourth-order valence-electron chi connectivity index (χ4n) is 4.54. The zero-order valence-electron chi connectivity index (χ0n) is 16.3. The van der Waals surface area contributed by atoms with Crippen LogP contribution >= 0.6 is 0 Å². The molecule has 30 heavy (non-hydrogen) atoms. The highest BCUT2D eigenvalue weighted by Gasteiger charge is 2.13. The normalized spacial score (nSPS) is 11.5. The molecule has 0 aliphatic rings. The first-order valence-corrected chi connectivity index (χ1v) is 10.2. The second kappa shape index (κ2) is 6.53. The smallest absolute Gasteiger partial charge is 0.193 e. The van der Waals surface area contributed by atoms with Crippen LogP contribution in [0.1, 0.15) is 15.9 Å². The molecule has 0 N–H and O–H groups in total. The first-order chi connectivity index (χ1) is 14.8. The molecule has 0 unspecified atom stereocenters. The lowest BCUT2D eigenvalue weighted by Crippen LogP contribution is -2.00. The Morgan fingerprint density at radius 3 is 1.80 bits per heavy atom. The molecule has 0 amide bonds. The van der Waals surface area contributed by atoms with E-state index in [0.717, 1.165) is 5.56 Å². The van der Waals surface area contributed by atoms with Crippen LogP contribution in [0.5, 0.6) is 0 Å². The Kier molecular flexibility index (Phi) is 3.69. The highest BCUT2D eigenvalue weighted by molar-refractivity contribution is 6.25. The van der Waals surface area contributed by atoms with E-state index in [9.17, 15) is 4.79 Å². The Morgan fingerprint density at radius 1 is 0.467 bits per heavy atom. The second-order valence-electron chi connectivity index (χ2n) is 7.74. The summed E-state index contributed by atoms with van der Waals surface area (Å²) in [7, 11) is 0. The van der Waals surface area contributed by atoms with E-state index >= 15 is 0 Å². The lowest BCUT2D eigenvalue weighted by molar-refractivity contribution is 0.103. The van der Waals surface area contributed by atoms with Crippen molar-refractivity contribution in [1.82, 2.24) is 0 Å². The van der Waals surface area contributed by atoms with Gasteiger partial charge in [0.15, 0.2) is 5.78 Å². The van der Waals surface area contributed by atoms with Crippen LogP contribution in [0.2, 0.25) is 0 Å². The molecule has 0 bridgehead atoms. The van der Waals surface area contributed by atoms with Gasteiger partial charge in [-0.3, -0.25) is 4.79 Å². The van der Waals surface area contributed by atoms with Crippen molar-refractivity contribution in [2.45, 2.75) is 0 Å². The Bertz CT molecular complexity index is 1510. The van der Waals surface area contributed by atoms with Crippen LogP contribution in [0.4, 0.5) is 0 Å². The number of ketones is 1. The van der Waals surface area contributed by atoms with Crippen molar-refractivity contribution in [3.63, 3.8) is 0 Å². The zero-order chi connectivity index (χ0) is 20.1. The molecule has 0 heterocycles. The average Bonchev–Trinajstić information content (AvgIpc) is 2.83. The van der Waals surface area contributed by atoms with Crippen molar-refractivity contribution < 1.29 is 4.79 Å². The van der Waals surface area contributed by atoms with Crippen molar-refractivity contribution in [2.24, 2.45) is 0 Å². The molecule has 140 valence electrons. The van der Waals surface area contributed by atoms with Gasteiger partial charge in [-0.15, -0.1) is 0 Å². The number of rotatable bonds is 3. The predicted molar refractivity (Wildman–Crippen MR) is 125 cm³/mol. The molecule has 6 rings (SSSR count). The summed E-state index contributed by atoms with van der Waals surface area (Å²) in [4.78, 5) is 12.7. The third-order valence-corrected chi connectivity index (χ3v) is 6.02. The fraction of sp³-hybridized carbons (Fsp3) is 0. The molecule has 6 aromatic carbocycles. The molecule has 0 aliphatic carbocycles. The van der Waals surface area contributed by atoms with Crippen molar-refractivity contribution in [3.05, 3.63) is 120 Å². The van der Waals surface area contributed by atoms with Gasteiger partial charge in [0.05, 0.1) is 0 Å². The summed E-state index contributed by atoms with van der Waals surface area (Å²) in [5.41, 5.74) is 3.74. The van der Waals surface area contributed by atoms with Gasteiger partial charge in [0.1, 0.15) is 0 Å². The summed E-state index contributed by atoms with van der Waals surface area (Å²) >= 11 is 0. The number of carbonyl (C=O) groups excluding carboxylic acids is 1. The van der Waals surface area contributed by atoms with E-state index in [-0.39, 0.29) is 5.78 Å². The minimum Gasteiger partial charge on any atom is -0.289 e. The van der Waals surface area contributed by atoms with Crippen molar-refractivity contribution >= 4 is 38.1 Å². The van der Waals surface area contributed by atoms with Gasteiger partial charge in [-0.2, -0.15) is 0 Å². The lowest BCUT2D eigenvalue weighted by atomic mass is 9.89. The molecule has 0 saturated heterocycles. The second-order valence-corrected chi connectivity index (χ2v) is 7.74. The molecule has 0 aromatic heterocycles. The first-order valence-electron chi connectivity index (χ1n) is 10.2. The molecule has 0 fully saturated rings. The Hall–Kier alpha value is -3.97. The summed E-state index contributed by atoms with van der Waals surface area (Å²) in [6.07, 6.45) is 0. The first kappa shape index (κ1) is 16.9. The molecule has 6 aromatic rings. The van der Waals surface area contributed by atoms with Crippen LogP contribution in [0.3, 0.4) is 0 Å². The molecule has 0 spiro atoms. The van der Waals surface area contributed by atoms with Crippen molar-refractivity contribution in [2.75, 3.05) is 0 Å². The summed E-state index contributed by atoms with van der Waals surface area (Å²) in [6.45, 7) is 0. The third-order valence-electron chi connectivity index (χ3n) is 6.02. The molecule has 1 nitrogen and oxygen atoms in total. The van der Waals surface area contributed by atoms with Gasteiger partial charge in [0, 0.05) is 11.1 Å². The van der Waals surface area contributed by atoms with E-state index in [0.29, 0.717) is 11.1 Å². The Balaban J connectivity index is 1.51. The summed E-state index contributed by atoms with van der Waals surface area (Å²) in [5.74, 6) is 0.0533. The van der Waals surface area contributed by atoms with Gasteiger partial charge >= 0.3 is 0 Å². The topological polar surface area (TPSA) is 17.1 Å². The number of hydrogen-bond donors (Lipinski definition) is 0. The van der Waals surface area contributed by atoms with E-state index < -0.39 is 0 Å². The molecule has 0 atom stereocenters. The number of carbonyl (C=O) groups is 1. The van der Waals surface area contributed by atoms with Crippen molar-refractivity contribution in [3.8, 4) is 11.1 Å². The van der Waals surface area contributed by atoms with E-state index in [4.69, 9.17) is 0 Å². The van der Waals surface area contributed by atoms with Crippen LogP contribution < -0.4 is 0 Å². The largest absolute Gasteiger partial charge is 0.289 e. The summed E-state index contributed by atoms with van der Waals surface area (Å²) < 4.78 is 0. The van der Waals surface area contributed by atoms with Crippen LogP contribution in [0, 0.1) is 0 Å². The number of benzene rings is 6. The average molecular weight is 382 g/mol. The fourth-order valence-corrected chi connectivity index (χ4v) is 4.54. The molecular weight excluding hydrogens is 364 g/mol. The maximum atomic E-state index is 12.7. The van der Waals surface area contributed by atoms with Crippen LogP contribution in [0.15, 0.2) is 109 Å². The Labute approximate surface area is 174 Å². The molecule has 0 radical (unpaired) electrons. The van der Waals surface area contributed by atoms with Crippen LogP contribution in [-0.2, 0) is 0 Å². The standard InChI is InChI=1S/C29H18O/c30-29(23-5-2-1-3-6-23)24-13-9-19(10-14-24)25-17-15-22-12-11-20-7-4-8-21-16-18-26(25)28(22)27(20)21/h1-18H. The van der Waals surface area contributed by atoms with Gasteiger partial charge in [0.2, 0.25) is 0 Å². The minimum absolute atomic E-state index is 0.0533. The predicted octanol–water partition coefficient (Wildman–Crippen LogP) is 7.48. The monoisotopic (exact) mass is 382 g/mol. The summed E-state index contributed by atoms with van der Waals surface area (Å²) in [6, 6.07) is 37.1. The molecule has 0 saturated carbocycles. The van der Waals surface area contributed by atoms with E-state index in [1.165, 1.54) is 37.9 Å². The lowest BCUT2D eigenvalue weighted by Gasteiger charge is -2.14. The van der Waals surface area contributed by atoms with Gasteiger partial charge in [-0.1, -0.05) is 109 Å². The van der Waals surface area contributed by atoms with Gasteiger partial charge < -0.3 is 0 Å². The highest BCUT2D eigenvalue weighted by atomic mass is 16.1. The van der Waals surface area contributed by atoms with E-state index in [2.05, 4.69) is 66.7 Å². The van der Waals surface area contributed by atoms with Crippen LogP contribution in [0.25, 0.3) is 43.4 Å². The van der Waals surface area contributed by atoms with Gasteiger partial charge in [0.25, 0.3) is 0 Å². The quantitative estimate of drug-likeness (QED) is 0.229. The van der Waals surface area contributed by atoms with Gasteiger partial charge in [-0.25, -0.2) is 0 Å². The minimum atomic E-state index is 0.0533. The van der Waals surface area contributed by atoms with Gasteiger partial charge in [-0.05, 0) is 43.4 Å². The molecule has 1 heteroatoms. The highest BCUT2D eigenvalue weighted by Crippen LogP contribution is 2.39. The van der Waals surface area contributed by atoms with Crippen LogP contribution in [-0.4, -0.2) is 5.78 Å². The van der Waals surface area contributed by atoms with E-state index in [1.807, 2.05) is 42.5 Å². The maximum Gasteiger partial charge on any atom is 0.193 e. The maximum absolute atomic E-state index is 12.7. The SMILES string of the molecule is O=C(c1ccccc1)c1ccc(-c2ccc3ccc4cccc5ccc2c3c45)cc1. The number of hydrogen-bond acceptors (Lipinski definition) is 1. The van der Waals surface area contributed by atoms with E-state index in [1.54, 1.807) is 0 Å². The molecular formula is C29H18O. The zero-order valence-corrected chi connectivity index (χ0v) is 16.3.